The molecule has 0 aliphatic carbocycles. The number of nitrogens with zero attached hydrogens (tertiary/aromatic N) is 4. The van der Waals surface area contributed by atoms with Crippen molar-refractivity contribution in [3.63, 3.8) is 0 Å². The van der Waals surface area contributed by atoms with Crippen molar-refractivity contribution in [2.24, 2.45) is 0 Å². The molecule has 0 spiro atoms. The molecule has 2 aromatic heterocycles. The van der Waals surface area contributed by atoms with Crippen LogP contribution in [0.25, 0.3) is 0 Å². The number of fused-ring (bicyclic) bond motifs is 1. The van der Waals surface area contributed by atoms with Gasteiger partial charge >= 0.3 is 0 Å². The molecule has 18 heavy (non-hydrogen) atoms. The molecule has 94 valence electrons. The number of carbonyl (C=O) groups excluding carboxylic acids is 1. The van der Waals surface area contributed by atoms with Crippen molar-refractivity contribution in [2.75, 3.05) is 6.54 Å². The summed E-state index contributed by atoms with van der Waals surface area (Å²) in [6.07, 6.45) is 3.84. The lowest BCUT2D eigenvalue weighted by Crippen LogP contribution is -2.38. The maximum atomic E-state index is 12.2. The highest BCUT2D eigenvalue weighted by molar-refractivity contribution is 5.93. The van der Waals surface area contributed by atoms with E-state index in [1.54, 1.807) is 11.0 Å². The Kier molecular flexibility index (Phi) is 2.62. The van der Waals surface area contributed by atoms with Crippen LogP contribution in [0.15, 0.2) is 23.0 Å². The van der Waals surface area contributed by atoms with E-state index in [1.165, 1.54) is 12.5 Å². The second-order valence-electron chi connectivity index (χ2n) is 4.28. The third-order valence-corrected chi connectivity index (χ3v) is 3.20. The minimum atomic E-state index is -0.0175. The molecule has 6 heteroatoms. The predicted molar refractivity (Wildman–Crippen MR) is 62.8 cm³/mol. The fourth-order valence-corrected chi connectivity index (χ4v) is 2.22. The summed E-state index contributed by atoms with van der Waals surface area (Å²) in [6, 6.07) is 1.68. The summed E-state index contributed by atoms with van der Waals surface area (Å²) in [5.74, 6) is 1.83. The number of furan rings is 1. The Hall–Kier alpha value is -2.11. The fraction of sp³-hybridized carbons (Fsp3) is 0.417. The molecule has 3 heterocycles. The Balaban J connectivity index is 1.81. The van der Waals surface area contributed by atoms with Crippen molar-refractivity contribution in [1.82, 2.24) is 19.7 Å². The molecule has 2 aromatic rings. The molecule has 0 saturated carbocycles. The Morgan fingerprint density at radius 3 is 3.06 bits per heavy atom. The molecule has 0 aromatic carbocycles. The lowest BCUT2D eigenvalue weighted by atomic mass is 10.2. The second-order valence-corrected chi connectivity index (χ2v) is 4.28. The fourth-order valence-electron chi connectivity index (χ4n) is 2.22. The molecular formula is C12H14N4O2. The highest BCUT2D eigenvalue weighted by Crippen LogP contribution is 2.15. The van der Waals surface area contributed by atoms with E-state index in [0.29, 0.717) is 18.7 Å². The van der Waals surface area contributed by atoms with Gasteiger partial charge in [-0.15, -0.1) is 10.2 Å². The first kappa shape index (κ1) is 11.0. The van der Waals surface area contributed by atoms with Crippen molar-refractivity contribution < 1.29 is 9.21 Å². The Bertz CT molecular complexity index is 559. The highest BCUT2D eigenvalue weighted by Gasteiger charge is 2.25. The number of rotatable bonds is 2. The zero-order chi connectivity index (χ0) is 12.5. The third kappa shape index (κ3) is 1.70. The number of hydrogen-bond acceptors (Lipinski definition) is 4. The Morgan fingerprint density at radius 2 is 2.33 bits per heavy atom. The summed E-state index contributed by atoms with van der Waals surface area (Å²) in [6.45, 7) is 4.01. The van der Waals surface area contributed by atoms with Gasteiger partial charge in [0.1, 0.15) is 12.1 Å². The summed E-state index contributed by atoms with van der Waals surface area (Å²) >= 11 is 0. The van der Waals surface area contributed by atoms with Crippen LogP contribution in [0.5, 0.6) is 0 Å². The van der Waals surface area contributed by atoms with Crippen LogP contribution in [0, 0.1) is 0 Å². The lowest BCUT2D eigenvalue weighted by molar-refractivity contribution is 0.0706. The summed E-state index contributed by atoms with van der Waals surface area (Å²) < 4.78 is 7.03. The van der Waals surface area contributed by atoms with Crippen LogP contribution in [-0.4, -0.2) is 32.1 Å². The molecule has 1 aliphatic heterocycles. The van der Waals surface area contributed by atoms with Gasteiger partial charge in [-0.25, -0.2) is 0 Å². The van der Waals surface area contributed by atoms with Gasteiger partial charge in [0, 0.05) is 19.5 Å². The summed E-state index contributed by atoms with van der Waals surface area (Å²) in [5.41, 5.74) is 0.582. The van der Waals surface area contributed by atoms with E-state index >= 15 is 0 Å². The minimum Gasteiger partial charge on any atom is -0.472 e. The zero-order valence-corrected chi connectivity index (χ0v) is 10.2. The molecule has 0 bridgehead atoms. The SMILES string of the molecule is CCc1nnc2n1CCN(C(=O)c1ccoc1)C2. The molecule has 1 aliphatic rings. The van der Waals surface area contributed by atoms with E-state index in [9.17, 15) is 4.79 Å². The molecule has 0 radical (unpaired) electrons. The van der Waals surface area contributed by atoms with E-state index < -0.39 is 0 Å². The Labute approximate surface area is 104 Å². The molecule has 0 saturated heterocycles. The highest BCUT2D eigenvalue weighted by atomic mass is 16.3. The van der Waals surface area contributed by atoms with E-state index in [-0.39, 0.29) is 5.91 Å². The first-order chi connectivity index (χ1) is 8.79. The van der Waals surface area contributed by atoms with Crippen molar-refractivity contribution >= 4 is 5.91 Å². The van der Waals surface area contributed by atoms with Gasteiger partial charge in [-0.2, -0.15) is 0 Å². The smallest absolute Gasteiger partial charge is 0.257 e. The van der Waals surface area contributed by atoms with E-state index in [1.807, 2.05) is 0 Å². The largest absolute Gasteiger partial charge is 0.472 e. The quantitative estimate of drug-likeness (QED) is 0.795. The number of amides is 1. The lowest BCUT2D eigenvalue weighted by Gasteiger charge is -2.27. The van der Waals surface area contributed by atoms with E-state index in [2.05, 4.69) is 21.7 Å². The van der Waals surface area contributed by atoms with Gasteiger partial charge in [0.2, 0.25) is 0 Å². The molecule has 0 unspecified atom stereocenters. The molecular weight excluding hydrogens is 232 g/mol. The monoisotopic (exact) mass is 246 g/mol. The number of aryl methyl sites for hydroxylation is 1. The molecule has 3 rings (SSSR count). The van der Waals surface area contributed by atoms with E-state index in [0.717, 1.165) is 24.6 Å². The van der Waals surface area contributed by atoms with Crippen LogP contribution in [0.2, 0.25) is 0 Å². The van der Waals surface area contributed by atoms with Crippen LogP contribution in [0.3, 0.4) is 0 Å². The average molecular weight is 246 g/mol. The van der Waals surface area contributed by atoms with Crippen molar-refractivity contribution in [2.45, 2.75) is 26.4 Å². The summed E-state index contributed by atoms with van der Waals surface area (Å²) in [5, 5.41) is 8.27. The second kappa shape index (κ2) is 4.29. The molecule has 0 N–H and O–H groups in total. The first-order valence-electron chi connectivity index (χ1n) is 6.02. The maximum absolute atomic E-state index is 12.2. The van der Waals surface area contributed by atoms with Crippen LogP contribution in [0.4, 0.5) is 0 Å². The number of carbonyl (C=O) groups is 1. The minimum absolute atomic E-state index is 0.0175. The number of hydrogen-bond donors (Lipinski definition) is 0. The topological polar surface area (TPSA) is 64.2 Å². The van der Waals surface area contributed by atoms with Crippen LogP contribution in [-0.2, 0) is 19.5 Å². The van der Waals surface area contributed by atoms with Crippen molar-refractivity contribution in [3.05, 3.63) is 35.8 Å². The number of aromatic nitrogens is 3. The summed E-state index contributed by atoms with van der Waals surface area (Å²) in [7, 11) is 0. The van der Waals surface area contributed by atoms with Crippen LogP contribution in [0.1, 0.15) is 28.9 Å². The van der Waals surface area contributed by atoms with Gasteiger partial charge in [-0.1, -0.05) is 6.92 Å². The first-order valence-corrected chi connectivity index (χ1v) is 6.02. The van der Waals surface area contributed by atoms with Gasteiger partial charge < -0.3 is 13.9 Å². The van der Waals surface area contributed by atoms with Gasteiger partial charge in [-0.05, 0) is 6.07 Å². The van der Waals surface area contributed by atoms with Crippen LogP contribution >= 0.6 is 0 Å². The molecule has 1 amide bonds. The normalized spacial score (nSPS) is 14.6. The molecule has 6 nitrogen and oxygen atoms in total. The van der Waals surface area contributed by atoms with Crippen molar-refractivity contribution in [1.29, 1.82) is 0 Å². The van der Waals surface area contributed by atoms with Gasteiger partial charge in [-0.3, -0.25) is 4.79 Å². The van der Waals surface area contributed by atoms with E-state index in [4.69, 9.17) is 4.42 Å². The third-order valence-electron chi connectivity index (χ3n) is 3.20. The predicted octanol–water partition coefficient (Wildman–Crippen LogP) is 1.09. The molecule has 0 atom stereocenters. The summed E-state index contributed by atoms with van der Waals surface area (Å²) in [4.78, 5) is 13.9. The molecule has 0 fully saturated rings. The van der Waals surface area contributed by atoms with Gasteiger partial charge in [0.15, 0.2) is 5.82 Å². The average Bonchev–Trinajstić information content (AvgIpc) is 3.06. The van der Waals surface area contributed by atoms with Gasteiger partial charge in [0.25, 0.3) is 5.91 Å². The standard InChI is InChI=1S/C12H14N4O2/c1-2-10-13-14-11-7-15(4-5-16(10)11)12(17)9-3-6-18-8-9/h3,6,8H,2,4-5,7H2,1H3. The van der Waals surface area contributed by atoms with Crippen molar-refractivity contribution in [3.8, 4) is 0 Å². The Morgan fingerprint density at radius 1 is 1.44 bits per heavy atom. The van der Waals surface area contributed by atoms with Gasteiger partial charge in [0.05, 0.1) is 18.4 Å². The maximum Gasteiger partial charge on any atom is 0.257 e. The zero-order valence-electron chi connectivity index (χ0n) is 10.2. The van der Waals surface area contributed by atoms with Crippen LogP contribution < -0.4 is 0 Å².